The molecular formula is C23H25N3O6S. The number of hydrogen-bond acceptors (Lipinski definition) is 7. The van der Waals surface area contributed by atoms with Crippen molar-refractivity contribution in [1.29, 1.82) is 0 Å². The minimum Gasteiger partial charge on any atom is -0.493 e. The lowest BCUT2D eigenvalue weighted by atomic mass is 10.1. The van der Waals surface area contributed by atoms with Crippen molar-refractivity contribution in [3.63, 3.8) is 0 Å². The molecule has 0 saturated heterocycles. The molecule has 3 aromatic carbocycles. The predicted molar refractivity (Wildman–Crippen MR) is 126 cm³/mol. The summed E-state index contributed by atoms with van der Waals surface area (Å²) in [6, 6.07) is 15.6. The number of likely N-dealkylation sites (N-methyl/N-ethyl adjacent to an activating group) is 1. The number of amides is 1. The van der Waals surface area contributed by atoms with Crippen LogP contribution in [0.15, 0.2) is 64.6 Å². The monoisotopic (exact) mass is 471 g/mol. The zero-order chi connectivity index (χ0) is 24.0. The van der Waals surface area contributed by atoms with E-state index in [1.807, 2.05) is 24.3 Å². The maximum atomic E-state index is 12.9. The van der Waals surface area contributed by atoms with E-state index in [-0.39, 0.29) is 4.90 Å². The van der Waals surface area contributed by atoms with Crippen molar-refractivity contribution in [3.05, 3.63) is 60.2 Å². The Labute approximate surface area is 192 Å². The predicted octanol–water partition coefficient (Wildman–Crippen LogP) is 2.64. The van der Waals surface area contributed by atoms with Crippen molar-refractivity contribution in [2.45, 2.75) is 4.90 Å². The molecule has 10 heteroatoms. The maximum Gasteiger partial charge on any atom is 0.255 e. The van der Waals surface area contributed by atoms with Gasteiger partial charge in [0.05, 0.1) is 39.0 Å². The first-order chi connectivity index (χ1) is 15.8. The van der Waals surface area contributed by atoms with Gasteiger partial charge in [-0.05, 0) is 35.0 Å². The Hall–Kier alpha value is -3.63. The molecule has 0 aliphatic rings. The van der Waals surface area contributed by atoms with Crippen LogP contribution in [0, 0.1) is 0 Å². The summed E-state index contributed by atoms with van der Waals surface area (Å²) in [5, 5.41) is 5.62. The molecule has 0 unspecified atom stereocenters. The van der Waals surface area contributed by atoms with E-state index in [2.05, 4.69) is 10.5 Å². The van der Waals surface area contributed by atoms with Crippen molar-refractivity contribution in [2.75, 3.05) is 34.9 Å². The Morgan fingerprint density at radius 2 is 1.61 bits per heavy atom. The zero-order valence-electron chi connectivity index (χ0n) is 18.7. The number of hydrogen-bond donors (Lipinski definition) is 1. The highest BCUT2D eigenvalue weighted by atomic mass is 32.2. The van der Waals surface area contributed by atoms with Crippen LogP contribution in [0.1, 0.15) is 5.56 Å². The fraction of sp³-hybridized carbons (Fsp3) is 0.217. The quantitative estimate of drug-likeness (QED) is 0.380. The number of nitrogens with zero attached hydrogens (tertiary/aromatic N) is 2. The number of ether oxygens (including phenoxy) is 3. The van der Waals surface area contributed by atoms with E-state index in [0.717, 1.165) is 15.1 Å². The van der Waals surface area contributed by atoms with Gasteiger partial charge in [0.2, 0.25) is 15.8 Å². The second kappa shape index (κ2) is 10.3. The van der Waals surface area contributed by atoms with Crippen LogP contribution in [0.5, 0.6) is 17.2 Å². The highest BCUT2D eigenvalue weighted by Crippen LogP contribution is 2.37. The molecule has 0 aliphatic heterocycles. The van der Waals surface area contributed by atoms with Crippen molar-refractivity contribution in [1.82, 2.24) is 9.73 Å². The molecule has 0 aromatic heterocycles. The minimum absolute atomic E-state index is 0.109. The first kappa shape index (κ1) is 24.0. The number of nitrogens with one attached hydrogen (secondary N) is 1. The van der Waals surface area contributed by atoms with Crippen molar-refractivity contribution in [3.8, 4) is 17.2 Å². The number of rotatable bonds is 9. The maximum absolute atomic E-state index is 12.9. The molecule has 9 nitrogen and oxygen atoms in total. The number of sulfonamides is 1. The van der Waals surface area contributed by atoms with Crippen LogP contribution < -0.4 is 19.6 Å². The van der Waals surface area contributed by atoms with Gasteiger partial charge in [0.15, 0.2) is 11.5 Å². The smallest absolute Gasteiger partial charge is 0.255 e. The molecule has 0 radical (unpaired) electrons. The Balaban J connectivity index is 1.68. The first-order valence-electron chi connectivity index (χ1n) is 9.87. The normalized spacial score (nSPS) is 11.7. The largest absolute Gasteiger partial charge is 0.493 e. The highest BCUT2D eigenvalue weighted by molar-refractivity contribution is 7.89. The molecule has 3 rings (SSSR count). The van der Waals surface area contributed by atoms with Gasteiger partial charge < -0.3 is 14.2 Å². The molecule has 3 aromatic rings. The van der Waals surface area contributed by atoms with Crippen LogP contribution in [0.25, 0.3) is 10.8 Å². The molecule has 0 bridgehead atoms. The summed E-state index contributed by atoms with van der Waals surface area (Å²) in [6.07, 6.45) is 1.39. The van der Waals surface area contributed by atoms with E-state index in [0.29, 0.717) is 22.8 Å². The molecule has 0 saturated carbocycles. The Bertz CT molecular complexity index is 1270. The summed E-state index contributed by atoms with van der Waals surface area (Å²) in [5.41, 5.74) is 2.92. The van der Waals surface area contributed by atoms with Gasteiger partial charge in [0, 0.05) is 12.6 Å². The molecule has 1 amide bonds. The molecule has 0 spiro atoms. The molecular weight excluding hydrogens is 446 g/mol. The van der Waals surface area contributed by atoms with Gasteiger partial charge in [0.25, 0.3) is 5.91 Å². The second-order valence-electron chi connectivity index (χ2n) is 7.02. The van der Waals surface area contributed by atoms with E-state index in [4.69, 9.17) is 14.2 Å². The van der Waals surface area contributed by atoms with Gasteiger partial charge in [-0.1, -0.05) is 30.3 Å². The van der Waals surface area contributed by atoms with Gasteiger partial charge in [-0.3, -0.25) is 4.79 Å². The molecule has 0 atom stereocenters. The number of hydrazone groups is 1. The zero-order valence-corrected chi connectivity index (χ0v) is 19.5. The standard InChI is InChI=1S/C23H25N3O6S/c1-26(33(28,29)19-10-9-17-7-5-6-8-18(17)13-19)15-22(27)25-24-14-16-11-20(30-2)23(32-4)21(12-16)31-3/h5-14H,15H2,1-4H3,(H,25,27)/b24-14-. The summed E-state index contributed by atoms with van der Waals surface area (Å²) >= 11 is 0. The number of benzene rings is 3. The molecule has 0 heterocycles. The van der Waals surface area contributed by atoms with Crippen LogP contribution in [-0.4, -0.2) is 59.8 Å². The van der Waals surface area contributed by atoms with Gasteiger partial charge in [-0.2, -0.15) is 9.41 Å². The number of methoxy groups -OCH3 is 3. The van der Waals surface area contributed by atoms with E-state index < -0.39 is 22.5 Å². The summed E-state index contributed by atoms with van der Waals surface area (Å²) in [4.78, 5) is 12.4. The van der Waals surface area contributed by atoms with Crippen LogP contribution in [-0.2, 0) is 14.8 Å². The molecule has 174 valence electrons. The van der Waals surface area contributed by atoms with Gasteiger partial charge in [-0.15, -0.1) is 0 Å². The lowest BCUT2D eigenvalue weighted by molar-refractivity contribution is -0.121. The number of fused-ring (bicyclic) bond motifs is 1. The summed E-state index contributed by atoms with van der Waals surface area (Å²) < 4.78 is 42.5. The third-order valence-corrected chi connectivity index (χ3v) is 6.68. The number of carbonyl (C=O) groups excluding carboxylic acids is 1. The van der Waals surface area contributed by atoms with Gasteiger partial charge in [0.1, 0.15) is 0 Å². The Morgan fingerprint density at radius 1 is 0.970 bits per heavy atom. The first-order valence-corrected chi connectivity index (χ1v) is 11.3. The van der Waals surface area contributed by atoms with Crippen LogP contribution in [0.4, 0.5) is 0 Å². The van der Waals surface area contributed by atoms with E-state index in [1.54, 1.807) is 24.3 Å². The SMILES string of the molecule is COc1cc(/C=N\NC(=O)CN(C)S(=O)(=O)c2ccc3ccccc3c2)cc(OC)c1OC. The van der Waals surface area contributed by atoms with E-state index >= 15 is 0 Å². The Morgan fingerprint density at radius 3 is 2.21 bits per heavy atom. The summed E-state index contributed by atoms with van der Waals surface area (Å²) in [5.74, 6) is 0.712. The van der Waals surface area contributed by atoms with Crippen molar-refractivity contribution >= 4 is 32.9 Å². The summed E-state index contributed by atoms with van der Waals surface area (Å²) in [6.45, 7) is -0.401. The lowest BCUT2D eigenvalue weighted by Gasteiger charge is -2.16. The lowest BCUT2D eigenvalue weighted by Crippen LogP contribution is -2.36. The molecule has 33 heavy (non-hydrogen) atoms. The van der Waals surface area contributed by atoms with Gasteiger partial charge >= 0.3 is 0 Å². The van der Waals surface area contributed by atoms with Crippen LogP contribution >= 0.6 is 0 Å². The Kier molecular flexibility index (Phi) is 7.52. The third-order valence-electron chi connectivity index (χ3n) is 4.89. The molecule has 1 N–H and O–H groups in total. The molecule has 0 fully saturated rings. The van der Waals surface area contributed by atoms with Crippen molar-refractivity contribution in [2.24, 2.45) is 5.10 Å². The third kappa shape index (κ3) is 5.41. The average molecular weight is 472 g/mol. The van der Waals surface area contributed by atoms with E-state index in [9.17, 15) is 13.2 Å². The van der Waals surface area contributed by atoms with E-state index in [1.165, 1.54) is 40.7 Å². The second-order valence-corrected chi connectivity index (χ2v) is 9.07. The number of carbonyl (C=O) groups is 1. The fourth-order valence-corrected chi connectivity index (χ4v) is 4.35. The average Bonchev–Trinajstić information content (AvgIpc) is 2.82. The van der Waals surface area contributed by atoms with Crippen LogP contribution in [0.3, 0.4) is 0 Å². The summed E-state index contributed by atoms with van der Waals surface area (Å²) in [7, 11) is 1.97. The highest BCUT2D eigenvalue weighted by Gasteiger charge is 2.23. The fourth-order valence-electron chi connectivity index (χ4n) is 3.19. The topological polar surface area (TPSA) is 107 Å². The van der Waals surface area contributed by atoms with Crippen LogP contribution in [0.2, 0.25) is 0 Å². The van der Waals surface area contributed by atoms with Gasteiger partial charge in [-0.25, -0.2) is 13.8 Å². The minimum atomic E-state index is -3.85. The van der Waals surface area contributed by atoms with Crippen molar-refractivity contribution < 1.29 is 27.4 Å². The molecule has 0 aliphatic carbocycles.